The highest BCUT2D eigenvalue weighted by atomic mass is 32.2. The Bertz CT molecular complexity index is 1160. The predicted molar refractivity (Wildman–Crippen MR) is 129 cm³/mol. The van der Waals surface area contributed by atoms with Crippen LogP contribution in [0.3, 0.4) is 0 Å². The van der Waals surface area contributed by atoms with E-state index in [0.29, 0.717) is 11.3 Å². The van der Waals surface area contributed by atoms with Crippen molar-refractivity contribution in [1.29, 1.82) is 0 Å². The Kier molecular flexibility index (Phi) is 7.48. The Morgan fingerprint density at radius 3 is 2.09 bits per heavy atom. The molecule has 32 heavy (non-hydrogen) atoms. The van der Waals surface area contributed by atoms with Gasteiger partial charge in [-0.2, -0.15) is 0 Å². The molecule has 3 rings (SSSR count). The maximum Gasteiger partial charge on any atom is 0.264 e. The summed E-state index contributed by atoms with van der Waals surface area (Å²) in [5.41, 5.74) is 1.87. The molecule has 3 aromatic rings. The number of anilines is 1. The van der Waals surface area contributed by atoms with Crippen molar-refractivity contribution in [3.05, 3.63) is 83.9 Å². The Balaban J connectivity index is 1.70. The number of nitrogens with one attached hydrogen (secondary N) is 1. The number of amides is 1. The zero-order chi connectivity index (χ0) is 23.3. The van der Waals surface area contributed by atoms with Crippen LogP contribution >= 0.6 is 11.8 Å². The Hall–Kier alpha value is -2.97. The molecular formula is C24H26N2O4S2. The van der Waals surface area contributed by atoms with Gasteiger partial charge in [-0.1, -0.05) is 12.1 Å². The molecule has 0 aliphatic rings. The van der Waals surface area contributed by atoms with E-state index < -0.39 is 10.0 Å². The number of carbonyl (C=O) groups excluding carboxylic acids is 1. The maximum absolute atomic E-state index is 12.9. The summed E-state index contributed by atoms with van der Waals surface area (Å²) in [4.78, 5) is 13.8. The second kappa shape index (κ2) is 10.1. The summed E-state index contributed by atoms with van der Waals surface area (Å²) in [6, 6.07) is 20.5. The van der Waals surface area contributed by atoms with Gasteiger partial charge in [0.05, 0.1) is 23.7 Å². The normalized spacial score (nSPS) is 12.1. The predicted octanol–water partition coefficient (Wildman–Crippen LogP) is 4.73. The molecule has 3 aromatic carbocycles. The van der Waals surface area contributed by atoms with Gasteiger partial charge < -0.3 is 10.1 Å². The van der Waals surface area contributed by atoms with Gasteiger partial charge >= 0.3 is 0 Å². The van der Waals surface area contributed by atoms with E-state index in [1.54, 1.807) is 67.4 Å². The topological polar surface area (TPSA) is 75.7 Å². The quantitative estimate of drug-likeness (QED) is 0.482. The third-order valence-electron chi connectivity index (χ3n) is 5.17. The number of hydrogen-bond acceptors (Lipinski definition) is 5. The lowest BCUT2D eigenvalue weighted by atomic mass is 10.1. The highest BCUT2D eigenvalue weighted by molar-refractivity contribution is 7.98. The van der Waals surface area contributed by atoms with E-state index in [4.69, 9.17) is 4.74 Å². The van der Waals surface area contributed by atoms with Crippen molar-refractivity contribution in [3.63, 3.8) is 0 Å². The van der Waals surface area contributed by atoms with E-state index in [1.807, 2.05) is 37.4 Å². The van der Waals surface area contributed by atoms with Crippen molar-refractivity contribution < 1.29 is 17.9 Å². The van der Waals surface area contributed by atoms with E-state index >= 15 is 0 Å². The Morgan fingerprint density at radius 1 is 0.969 bits per heavy atom. The fraction of sp³-hybridized carbons (Fsp3) is 0.208. The van der Waals surface area contributed by atoms with E-state index in [9.17, 15) is 13.2 Å². The summed E-state index contributed by atoms with van der Waals surface area (Å²) in [6.07, 6.45) is 1.94. The number of sulfonamides is 1. The van der Waals surface area contributed by atoms with Crippen LogP contribution in [0.4, 0.5) is 5.69 Å². The van der Waals surface area contributed by atoms with Crippen LogP contribution in [0, 0.1) is 0 Å². The van der Waals surface area contributed by atoms with Gasteiger partial charge in [-0.05, 0) is 79.4 Å². The summed E-state index contributed by atoms with van der Waals surface area (Å²) in [5, 5.41) is 2.95. The lowest BCUT2D eigenvalue weighted by molar-refractivity contribution is 0.0940. The molecule has 0 bridgehead atoms. The van der Waals surface area contributed by atoms with E-state index in [-0.39, 0.29) is 16.8 Å². The monoisotopic (exact) mass is 470 g/mol. The van der Waals surface area contributed by atoms with Crippen molar-refractivity contribution in [2.45, 2.75) is 22.8 Å². The van der Waals surface area contributed by atoms with Gasteiger partial charge in [-0.3, -0.25) is 9.10 Å². The molecule has 0 saturated heterocycles. The molecule has 0 saturated carbocycles. The number of benzene rings is 3. The van der Waals surface area contributed by atoms with Gasteiger partial charge in [0, 0.05) is 17.5 Å². The molecule has 0 aromatic heterocycles. The summed E-state index contributed by atoms with van der Waals surface area (Å²) >= 11 is 1.55. The van der Waals surface area contributed by atoms with Crippen LogP contribution in [-0.4, -0.2) is 34.7 Å². The first-order chi connectivity index (χ1) is 15.3. The molecule has 0 heterocycles. The highest BCUT2D eigenvalue weighted by Crippen LogP contribution is 2.25. The number of ether oxygens (including phenoxy) is 1. The van der Waals surface area contributed by atoms with Gasteiger partial charge in [0.1, 0.15) is 5.75 Å². The van der Waals surface area contributed by atoms with Crippen LogP contribution in [0.1, 0.15) is 28.9 Å². The van der Waals surface area contributed by atoms with Crippen LogP contribution in [0.5, 0.6) is 5.75 Å². The van der Waals surface area contributed by atoms with Crippen LogP contribution in [0.25, 0.3) is 0 Å². The van der Waals surface area contributed by atoms with E-state index in [1.165, 1.54) is 11.4 Å². The zero-order valence-electron chi connectivity index (χ0n) is 18.4. The maximum atomic E-state index is 12.9. The first-order valence-electron chi connectivity index (χ1n) is 9.94. The average molecular weight is 471 g/mol. The van der Waals surface area contributed by atoms with Crippen LogP contribution in [-0.2, 0) is 10.0 Å². The largest absolute Gasteiger partial charge is 0.497 e. The molecule has 0 aliphatic heterocycles. The molecular weight excluding hydrogens is 444 g/mol. The van der Waals surface area contributed by atoms with Crippen molar-refractivity contribution in [2.75, 3.05) is 24.7 Å². The number of nitrogens with zero attached hydrogens (tertiary/aromatic N) is 1. The first kappa shape index (κ1) is 23.7. The molecule has 0 radical (unpaired) electrons. The van der Waals surface area contributed by atoms with Gasteiger partial charge in [0.2, 0.25) is 0 Å². The number of hydrogen-bond donors (Lipinski definition) is 1. The zero-order valence-corrected chi connectivity index (χ0v) is 20.0. The molecule has 1 atom stereocenters. The molecule has 1 amide bonds. The van der Waals surface area contributed by atoms with E-state index in [2.05, 4.69) is 5.32 Å². The molecule has 8 heteroatoms. The molecule has 0 aliphatic carbocycles. The van der Waals surface area contributed by atoms with Crippen molar-refractivity contribution >= 4 is 33.4 Å². The summed E-state index contributed by atoms with van der Waals surface area (Å²) in [6.45, 7) is 1.90. The lowest BCUT2D eigenvalue weighted by Gasteiger charge is -2.20. The SMILES string of the molecule is COc1ccc([C@H](C)NC(=O)c2ccc(N(C)S(=O)(=O)c3ccc(SC)cc3)cc2)cc1. The minimum atomic E-state index is -3.70. The molecule has 0 spiro atoms. The van der Waals surface area contributed by atoms with Gasteiger partial charge in [-0.15, -0.1) is 11.8 Å². The summed E-state index contributed by atoms with van der Waals surface area (Å²) < 4.78 is 32.2. The minimum absolute atomic E-state index is 0.194. The van der Waals surface area contributed by atoms with Gasteiger partial charge in [0.15, 0.2) is 0 Å². The van der Waals surface area contributed by atoms with Crippen molar-refractivity contribution in [2.24, 2.45) is 0 Å². The van der Waals surface area contributed by atoms with E-state index in [0.717, 1.165) is 16.2 Å². The smallest absolute Gasteiger partial charge is 0.264 e. The number of rotatable bonds is 8. The van der Waals surface area contributed by atoms with Crippen molar-refractivity contribution in [3.8, 4) is 5.75 Å². The second-order valence-corrected chi connectivity index (χ2v) is 10.0. The lowest BCUT2D eigenvalue weighted by Crippen LogP contribution is -2.28. The third kappa shape index (κ3) is 5.26. The molecule has 0 unspecified atom stereocenters. The summed E-state index contributed by atoms with van der Waals surface area (Å²) in [5.74, 6) is 0.514. The van der Waals surface area contributed by atoms with Gasteiger partial charge in [0.25, 0.3) is 15.9 Å². The molecule has 6 nitrogen and oxygen atoms in total. The minimum Gasteiger partial charge on any atom is -0.497 e. The summed E-state index contributed by atoms with van der Waals surface area (Å²) in [7, 11) is -0.594. The third-order valence-corrected chi connectivity index (χ3v) is 7.72. The highest BCUT2D eigenvalue weighted by Gasteiger charge is 2.21. The molecule has 1 N–H and O–H groups in total. The van der Waals surface area contributed by atoms with Crippen LogP contribution in [0.2, 0.25) is 0 Å². The number of carbonyl (C=O) groups is 1. The average Bonchev–Trinajstić information content (AvgIpc) is 2.83. The second-order valence-electron chi connectivity index (χ2n) is 7.16. The van der Waals surface area contributed by atoms with Gasteiger partial charge in [-0.25, -0.2) is 8.42 Å². The fourth-order valence-electron chi connectivity index (χ4n) is 3.12. The molecule has 0 fully saturated rings. The Morgan fingerprint density at radius 2 is 1.56 bits per heavy atom. The number of thioether (sulfide) groups is 1. The van der Waals surface area contributed by atoms with Crippen molar-refractivity contribution in [1.82, 2.24) is 5.32 Å². The van der Waals surface area contributed by atoms with Crippen LogP contribution in [0.15, 0.2) is 82.6 Å². The molecule has 168 valence electrons. The fourth-order valence-corrected chi connectivity index (χ4v) is 4.73. The number of methoxy groups -OCH3 is 1. The first-order valence-corrected chi connectivity index (χ1v) is 12.6. The van der Waals surface area contributed by atoms with Crippen LogP contribution < -0.4 is 14.4 Å². The standard InChI is InChI=1S/C24H26N2O4S2/c1-17(18-7-11-21(30-3)12-8-18)25-24(27)19-5-9-20(10-6-19)26(2)32(28,29)23-15-13-22(31-4)14-16-23/h5-17H,1-4H3,(H,25,27)/t17-/m0/s1. The Labute approximate surface area is 193 Å².